The monoisotopic (exact) mass is 634 g/mol. The summed E-state index contributed by atoms with van der Waals surface area (Å²) in [7, 11) is 0. The summed E-state index contributed by atoms with van der Waals surface area (Å²) in [5.41, 5.74) is 6.28. The molecule has 4 aliphatic heterocycles. The summed E-state index contributed by atoms with van der Waals surface area (Å²) in [6.45, 7) is 3.18. The summed E-state index contributed by atoms with van der Waals surface area (Å²) in [4.78, 5) is 77.0. The van der Waals surface area contributed by atoms with Crippen LogP contribution < -0.4 is 16.1 Å². The Labute approximate surface area is 261 Å². The lowest BCUT2D eigenvalue weighted by atomic mass is 9.96. The summed E-state index contributed by atoms with van der Waals surface area (Å²) >= 11 is 1.27. The fourth-order valence-corrected chi connectivity index (χ4v) is 7.09. The zero-order chi connectivity index (χ0) is 32.0. The van der Waals surface area contributed by atoms with E-state index in [4.69, 9.17) is 4.74 Å². The number of thioether (sulfide) groups is 1. The minimum Gasteiger partial charge on any atom is -0.477 e. The third-order valence-electron chi connectivity index (χ3n) is 8.04. The van der Waals surface area contributed by atoms with Crippen LogP contribution in [0.4, 0.5) is 15.3 Å². The van der Waals surface area contributed by atoms with Crippen molar-refractivity contribution in [1.82, 2.24) is 25.6 Å². The van der Waals surface area contributed by atoms with E-state index in [0.717, 1.165) is 20.9 Å². The maximum absolute atomic E-state index is 13.0. The number of nitrogens with one attached hydrogen (secondary N) is 3. The molecule has 14 nitrogen and oxygen atoms in total. The minimum atomic E-state index is -1.32. The summed E-state index contributed by atoms with van der Waals surface area (Å²) in [5, 5.41) is 16.0. The number of benzene rings is 2. The van der Waals surface area contributed by atoms with Crippen molar-refractivity contribution in [3.8, 4) is 0 Å². The predicted molar refractivity (Wildman–Crippen MR) is 160 cm³/mol. The van der Waals surface area contributed by atoms with Crippen LogP contribution in [0.1, 0.15) is 29.7 Å². The van der Waals surface area contributed by atoms with Gasteiger partial charge < -0.3 is 20.5 Å². The highest BCUT2D eigenvalue weighted by atomic mass is 32.2. The molecule has 0 aromatic heterocycles. The van der Waals surface area contributed by atoms with Crippen molar-refractivity contribution in [3.05, 3.63) is 76.5 Å². The normalized spacial score (nSPS) is 23.5. The van der Waals surface area contributed by atoms with Gasteiger partial charge in [-0.15, -0.1) is 11.8 Å². The number of esters is 1. The van der Waals surface area contributed by atoms with Crippen LogP contribution in [-0.4, -0.2) is 92.1 Å². The summed E-state index contributed by atoms with van der Waals surface area (Å²) in [6, 6.07) is 12.4. The number of fused-ring (bicyclic) bond motifs is 2. The Morgan fingerprint density at radius 2 is 1.87 bits per heavy atom. The number of aliphatic carboxylic acids is 1. The van der Waals surface area contributed by atoms with Gasteiger partial charge in [-0.25, -0.2) is 24.7 Å². The first-order valence-corrected chi connectivity index (χ1v) is 15.2. The van der Waals surface area contributed by atoms with Gasteiger partial charge in [0.15, 0.2) is 0 Å². The van der Waals surface area contributed by atoms with Crippen molar-refractivity contribution >= 4 is 53.3 Å². The number of carbonyl (C=O) groups is 6. The zero-order valence-electron chi connectivity index (χ0n) is 24.3. The number of carboxylic acid groups (broad SMARTS) is 1. The van der Waals surface area contributed by atoms with Crippen molar-refractivity contribution in [2.24, 2.45) is 0 Å². The number of urea groups is 2. The van der Waals surface area contributed by atoms with Crippen LogP contribution in [0.3, 0.4) is 0 Å². The van der Waals surface area contributed by atoms with Crippen LogP contribution in [0.25, 0.3) is 0 Å². The summed E-state index contributed by atoms with van der Waals surface area (Å²) in [5.74, 6) is -2.70. The molecule has 4 heterocycles. The second kappa shape index (κ2) is 11.9. The molecule has 0 aliphatic carbocycles. The van der Waals surface area contributed by atoms with Crippen molar-refractivity contribution < 1.29 is 38.6 Å². The van der Waals surface area contributed by atoms with E-state index in [2.05, 4.69) is 16.1 Å². The molecule has 0 spiro atoms. The third kappa shape index (κ3) is 5.71. The lowest BCUT2D eigenvalue weighted by Crippen LogP contribution is -2.70. The van der Waals surface area contributed by atoms with E-state index in [0.29, 0.717) is 16.8 Å². The van der Waals surface area contributed by atoms with Crippen LogP contribution >= 0.6 is 11.8 Å². The van der Waals surface area contributed by atoms with Crippen molar-refractivity contribution in [1.29, 1.82) is 0 Å². The van der Waals surface area contributed by atoms with Gasteiger partial charge in [-0.3, -0.25) is 24.3 Å². The number of ether oxygens (including phenoxy) is 1. The molecule has 2 aromatic carbocycles. The number of carboxylic acids is 1. The summed E-state index contributed by atoms with van der Waals surface area (Å²) < 4.78 is 4.93. The SMILES string of the molecule is CC(=O)OCC1=C(C(=O)O)N2C(=O)C(NC(=O)Cc3cccc(NC(=O)N4CC5C(c6ccc(C)cc6)NN5C4=O)c3)[C@@H]2SC1. The van der Waals surface area contributed by atoms with Crippen molar-refractivity contribution in [2.75, 3.05) is 24.2 Å². The number of anilines is 1. The average Bonchev–Trinajstić information content (AvgIpc) is 3.24. The first-order valence-electron chi connectivity index (χ1n) is 14.2. The van der Waals surface area contributed by atoms with E-state index in [1.165, 1.54) is 23.7 Å². The number of imide groups is 1. The van der Waals surface area contributed by atoms with Crippen LogP contribution in [0, 0.1) is 6.92 Å². The average molecular weight is 635 g/mol. The van der Waals surface area contributed by atoms with Crippen LogP contribution in [0.2, 0.25) is 0 Å². The van der Waals surface area contributed by atoms with Crippen LogP contribution in [-0.2, 0) is 30.3 Å². The fraction of sp³-hybridized carbons (Fsp3) is 0.333. The molecule has 4 atom stereocenters. The van der Waals surface area contributed by atoms with Gasteiger partial charge in [0, 0.05) is 23.9 Å². The van der Waals surface area contributed by atoms with E-state index >= 15 is 0 Å². The Balaban J connectivity index is 1.04. The number of aryl methyl sites for hydroxylation is 1. The molecule has 0 radical (unpaired) electrons. The largest absolute Gasteiger partial charge is 0.477 e. The molecular formula is C30H30N6O8S. The molecule has 6 amide bonds. The van der Waals surface area contributed by atoms with Gasteiger partial charge in [-0.1, -0.05) is 42.0 Å². The van der Waals surface area contributed by atoms with Gasteiger partial charge in [-0.2, -0.15) is 0 Å². The Kier molecular flexibility index (Phi) is 7.97. The molecule has 6 rings (SSSR count). The van der Waals surface area contributed by atoms with Gasteiger partial charge in [0.25, 0.3) is 5.91 Å². The molecule has 4 N–H and O–H groups in total. The quantitative estimate of drug-likeness (QED) is 0.247. The molecule has 2 aromatic rings. The highest BCUT2D eigenvalue weighted by Gasteiger charge is 2.54. The van der Waals surface area contributed by atoms with Gasteiger partial charge in [0.1, 0.15) is 23.7 Å². The van der Waals surface area contributed by atoms with Gasteiger partial charge >= 0.3 is 24.0 Å². The first kappa shape index (κ1) is 30.1. The van der Waals surface area contributed by atoms with Gasteiger partial charge in [0.2, 0.25) is 5.91 Å². The standard InChI is InChI=1S/C30H30N6O8S/c1-15-6-8-18(9-7-15)23-21-12-34(30(43)36(21)33-23)29(42)31-20-5-3-4-17(10-20)11-22(38)32-24-26(39)35-25(28(40)41)19(13-44-16(2)37)14-45-27(24)35/h3-10,21,23-24,27,33H,11-14H2,1-2H3,(H,31,42)(H,32,38)(H,40,41)/t21?,23?,24?,27-/m0/s1. The van der Waals surface area contributed by atoms with Gasteiger partial charge in [0.05, 0.1) is 25.0 Å². The molecule has 4 aliphatic rings. The topological polar surface area (TPSA) is 178 Å². The second-order valence-electron chi connectivity index (χ2n) is 11.1. The van der Waals surface area contributed by atoms with Crippen molar-refractivity contribution in [3.63, 3.8) is 0 Å². The van der Waals surface area contributed by atoms with Gasteiger partial charge in [-0.05, 0) is 30.2 Å². The first-order chi connectivity index (χ1) is 21.5. The van der Waals surface area contributed by atoms with E-state index in [1.807, 2.05) is 31.2 Å². The highest BCUT2D eigenvalue weighted by Crippen LogP contribution is 2.40. The highest BCUT2D eigenvalue weighted by molar-refractivity contribution is 8.00. The third-order valence-corrected chi connectivity index (χ3v) is 9.38. The zero-order valence-corrected chi connectivity index (χ0v) is 25.1. The molecule has 3 saturated heterocycles. The smallest absolute Gasteiger partial charge is 0.352 e. The molecule has 3 fully saturated rings. The number of hydrazine groups is 1. The molecule has 0 bridgehead atoms. The molecule has 234 valence electrons. The number of rotatable bonds is 8. The van der Waals surface area contributed by atoms with Crippen LogP contribution in [0.5, 0.6) is 0 Å². The maximum Gasteiger partial charge on any atom is 0.352 e. The number of nitrogens with zero attached hydrogens (tertiary/aromatic N) is 3. The lowest BCUT2D eigenvalue weighted by molar-refractivity contribution is -0.151. The Morgan fingerprint density at radius 3 is 2.58 bits per heavy atom. The number of β-lactam (4-membered cyclic amide) rings is 1. The minimum absolute atomic E-state index is 0.0784. The molecule has 15 heteroatoms. The van der Waals surface area contributed by atoms with E-state index in [9.17, 15) is 33.9 Å². The molecule has 45 heavy (non-hydrogen) atoms. The fourth-order valence-electron chi connectivity index (χ4n) is 5.76. The van der Waals surface area contributed by atoms with Crippen LogP contribution in [0.15, 0.2) is 59.8 Å². The number of carbonyl (C=O) groups excluding carboxylic acids is 5. The Morgan fingerprint density at radius 1 is 1.11 bits per heavy atom. The Hall–Kier alpha value is -4.89. The van der Waals surface area contributed by atoms with E-state index < -0.39 is 47.2 Å². The maximum atomic E-state index is 13.0. The molecule has 0 saturated carbocycles. The number of amides is 6. The number of hydrogen-bond acceptors (Lipinski definition) is 9. The lowest BCUT2D eigenvalue weighted by Gasteiger charge is -2.49. The Bertz CT molecular complexity index is 1640. The second-order valence-corrected chi connectivity index (χ2v) is 12.3. The van der Waals surface area contributed by atoms with E-state index in [1.54, 1.807) is 24.3 Å². The molecular weight excluding hydrogens is 604 g/mol. The molecule has 3 unspecified atom stereocenters. The predicted octanol–water partition coefficient (Wildman–Crippen LogP) is 1.74. The number of hydrogen-bond donors (Lipinski definition) is 4. The van der Waals surface area contributed by atoms with E-state index in [-0.39, 0.29) is 43.1 Å². The summed E-state index contributed by atoms with van der Waals surface area (Å²) in [6.07, 6.45) is -0.106. The van der Waals surface area contributed by atoms with Crippen molar-refractivity contribution in [2.45, 2.75) is 43.8 Å².